The molecule has 2 rings (SSSR count). The summed E-state index contributed by atoms with van der Waals surface area (Å²) < 4.78 is 0. The predicted octanol–water partition coefficient (Wildman–Crippen LogP) is 2.96. The van der Waals surface area contributed by atoms with E-state index in [1.807, 2.05) is 32.9 Å². The SMILES string of the molecule is Cc1cc(C)c(C(=O)Nc2cncc(C(=O)O)c2)c(C)c1. The lowest BCUT2D eigenvalue weighted by Crippen LogP contribution is -2.16. The van der Waals surface area contributed by atoms with Crippen molar-refractivity contribution in [3.8, 4) is 0 Å². The van der Waals surface area contributed by atoms with Gasteiger partial charge in [0.25, 0.3) is 5.91 Å². The van der Waals surface area contributed by atoms with E-state index in [1.54, 1.807) is 0 Å². The van der Waals surface area contributed by atoms with Crippen molar-refractivity contribution in [2.45, 2.75) is 20.8 Å². The van der Waals surface area contributed by atoms with E-state index >= 15 is 0 Å². The summed E-state index contributed by atoms with van der Waals surface area (Å²) in [7, 11) is 0. The minimum absolute atomic E-state index is 0.0325. The third-order valence-electron chi connectivity index (χ3n) is 3.15. The van der Waals surface area contributed by atoms with Crippen molar-refractivity contribution in [1.29, 1.82) is 0 Å². The smallest absolute Gasteiger partial charge is 0.337 e. The van der Waals surface area contributed by atoms with Gasteiger partial charge in [0.1, 0.15) is 0 Å². The summed E-state index contributed by atoms with van der Waals surface area (Å²) in [5.74, 6) is -1.35. The average Bonchev–Trinajstić information content (AvgIpc) is 2.37. The Kier molecular flexibility index (Phi) is 4.03. The van der Waals surface area contributed by atoms with E-state index in [4.69, 9.17) is 5.11 Å². The van der Waals surface area contributed by atoms with Crippen LogP contribution in [0.15, 0.2) is 30.6 Å². The van der Waals surface area contributed by atoms with E-state index in [-0.39, 0.29) is 11.5 Å². The van der Waals surface area contributed by atoms with Gasteiger partial charge in [-0.1, -0.05) is 17.7 Å². The molecule has 0 fully saturated rings. The lowest BCUT2D eigenvalue weighted by molar-refractivity contribution is 0.0696. The number of pyridine rings is 1. The van der Waals surface area contributed by atoms with Crippen LogP contribution in [-0.4, -0.2) is 22.0 Å². The number of benzene rings is 1. The normalized spacial score (nSPS) is 10.2. The first-order valence-electron chi connectivity index (χ1n) is 6.46. The van der Waals surface area contributed by atoms with Gasteiger partial charge in [0, 0.05) is 11.8 Å². The minimum atomic E-state index is -1.08. The Bertz CT molecular complexity index is 700. The number of aromatic nitrogens is 1. The summed E-state index contributed by atoms with van der Waals surface area (Å²) in [4.78, 5) is 27.1. The molecule has 0 atom stereocenters. The fourth-order valence-electron chi connectivity index (χ4n) is 2.36. The number of nitrogens with one attached hydrogen (secondary N) is 1. The zero-order valence-electron chi connectivity index (χ0n) is 12.1. The van der Waals surface area contributed by atoms with Crippen LogP contribution in [0.4, 0.5) is 5.69 Å². The Labute approximate surface area is 122 Å². The van der Waals surface area contributed by atoms with Crippen molar-refractivity contribution in [2.24, 2.45) is 0 Å². The Hall–Kier alpha value is -2.69. The van der Waals surface area contributed by atoms with E-state index < -0.39 is 5.97 Å². The number of carbonyl (C=O) groups is 2. The largest absolute Gasteiger partial charge is 0.478 e. The Morgan fingerprint density at radius 3 is 2.24 bits per heavy atom. The molecule has 0 saturated carbocycles. The standard InChI is InChI=1S/C16H16N2O3/c1-9-4-10(2)14(11(3)5-9)15(19)18-13-6-12(16(20)21)7-17-8-13/h4-8H,1-3H3,(H,18,19)(H,20,21). The summed E-state index contributed by atoms with van der Waals surface area (Å²) in [5, 5.41) is 11.6. The lowest BCUT2D eigenvalue weighted by Gasteiger charge is -2.11. The van der Waals surface area contributed by atoms with E-state index in [2.05, 4.69) is 10.3 Å². The molecule has 0 aliphatic heterocycles. The van der Waals surface area contributed by atoms with Crippen LogP contribution in [0.25, 0.3) is 0 Å². The minimum Gasteiger partial charge on any atom is -0.478 e. The second kappa shape index (κ2) is 5.75. The number of hydrogen-bond donors (Lipinski definition) is 2. The first-order valence-corrected chi connectivity index (χ1v) is 6.46. The Morgan fingerprint density at radius 1 is 1.05 bits per heavy atom. The van der Waals surface area contributed by atoms with Gasteiger partial charge in [-0.25, -0.2) is 4.79 Å². The van der Waals surface area contributed by atoms with Crippen LogP contribution in [0.5, 0.6) is 0 Å². The fraction of sp³-hybridized carbons (Fsp3) is 0.188. The monoisotopic (exact) mass is 284 g/mol. The maximum Gasteiger partial charge on any atom is 0.337 e. The van der Waals surface area contributed by atoms with Gasteiger partial charge in [-0.2, -0.15) is 0 Å². The maximum absolute atomic E-state index is 12.4. The molecule has 0 aliphatic carbocycles. The molecular formula is C16H16N2O3. The van der Waals surface area contributed by atoms with Crippen LogP contribution in [0, 0.1) is 20.8 Å². The molecule has 1 amide bonds. The van der Waals surface area contributed by atoms with E-state index in [1.165, 1.54) is 18.5 Å². The number of rotatable bonds is 3. The molecule has 0 radical (unpaired) electrons. The van der Waals surface area contributed by atoms with Gasteiger partial charge in [0.15, 0.2) is 0 Å². The van der Waals surface area contributed by atoms with Crippen LogP contribution in [0.3, 0.4) is 0 Å². The van der Waals surface area contributed by atoms with Crippen molar-refractivity contribution >= 4 is 17.6 Å². The molecule has 108 valence electrons. The molecule has 1 heterocycles. The second-order valence-electron chi connectivity index (χ2n) is 5.00. The topological polar surface area (TPSA) is 79.3 Å². The molecule has 2 aromatic rings. The molecule has 0 bridgehead atoms. The number of aromatic carboxylic acids is 1. The van der Waals surface area contributed by atoms with Gasteiger partial charge >= 0.3 is 5.97 Å². The van der Waals surface area contributed by atoms with Gasteiger partial charge in [-0.15, -0.1) is 0 Å². The fourth-order valence-corrected chi connectivity index (χ4v) is 2.36. The highest BCUT2D eigenvalue weighted by atomic mass is 16.4. The highest BCUT2D eigenvalue weighted by molar-refractivity contribution is 6.06. The number of carboxylic acid groups (broad SMARTS) is 1. The number of anilines is 1. The molecule has 5 heteroatoms. The van der Waals surface area contributed by atoms with Gasteiger partial charge in [-0.3, -0.25) is 9.78 Å². The molecular weight excluding hydrogens is 268 g/mol. The number of carboxylic acids is 1. The first-order chi connectivity index (χ1) is 9.88. The summed E-state index contributed by atoms with van der Waals surface area (Å²) in [6.45, 7) is 5.73. The maximum atomic E-state index is 12.4. The molecule has 5 nitrogen and oxygen atoms in total. The summed E-state index contributed by atoms with van der Waals surface area (Å²) in [5.41, 5.74) is 3.85. The number of amides is 1. The zero-order chi connectivity index (χ0) is 15.6. The number of nitrogens with zero attached hydrogens (tertiary/aromatic N) is 1. The molecule has 21 heavy (non-hydrogen) atoms. The molecule has 0 spiro atoms. The van der Waals surface area contributed by atoms with Gasteiger partial charge < -0.3 is 10.4 Å². The zero-order valence-corrected chi connectivity index (χ0v) is 12.1. The third kappa shape index (κ3) is 3.25. The second-order valence-corrected chi connectivity index (χ2v) is 5.00. The van der Waals surface area contributed by atoms with Gasteiger partial charge in [0.05, 0.1) is 17.4 Å². The average molecular weight is 284 g/mol. The van der Waals surface area contributed by atoms with E-state index in [9.17, 15) is 9.59 Å². The molecule has 2 N–H and O–H groups in total. The number of aryl methyl sites for hydroxylation is 3. The predicted molar refractivity (Wildman–Crippen MR) is 79.8 cm³/mol. The van der Waals surface area contributed by atoms with Crippen LogP contribution in [-0.2, 0) is 0 Å². The highest BCUT2D eigenvalue weighted by Gasteiger charge is 2.14. The van der Waals surface area contributed by atoms with Gasteiger partial charge in [-0.05, 0) is 38.0 Å². The van der Waals surface area contributed by atoms with Crippen molar-refractivity contribution in [3.63, 3.8) is 0 Å². The van der Waals surface area contributed by atoms with Crippen LogP contribution < -0.4 is 5.32 Å². The van der Waals surface area contributed by atoms with Gasteiger partial charge in [0.2, 0.25) is 0 Å². The summed E-state index contributed by atoms with van der Waals surface area (Å²) in [6, 6.07) is 5.26. The van der Waals surface area contributed by atoms with Crippen LogP contribution in [0.2, 0.25) is 0 Å². The molecule has 0 aliphatic rings. The lowest BCUT2D eigenvalue weighted by atomic mass is 9.99. The van der Waals surface area contributed by atoms with Crippen molar-refractivity contribution in [2.75, 3.05) is 5.32 Å². The quantitative estimate of drug-likeness (QED) is 0.908. The van der Waals surface area contributed by atoms with Crippen LogP contribution >= 0.6 is 0 Å². The van der Waals surface area contributed by atoms with Crippen LogP contribution in [0.1, 0.15) is 37.4 Å². The summed E-state index contributed by atoms with van der Waals surface area (Å²) >= 11 is 0. The third-order valence-corrected chi connectivity index (χ3v) is 3.15. The van der Waals surface area contributed by atoms with E-state index in [0.29, 0.717) is 11.3 Å². The molecule has 1 aromatic heterocycles. The Balaban J connectivity index is 2.30. The number of carbonyl (C=O) groups excluding carboxylic acids is 1. The van der Waals surface area contributed by atoms with Crippen molar-refractivity contribution < 1.29 is 14.7 Å². The summed E-state index contributed by atoms with van der Waals surface area (Å²) in [6.07, 6.45) is 2.66. The molecule has 0 unspecified atom stereocenters. The highest BCUT2D eigenvalue weighted by Crippen LogP contribution is 2.18. The Morgan fingerprint density at radius 2 is 1.67 bits per heavy atom. The van der Waals surface area contributed by atoms with Crippen molar-refractivity contribution in [1.82, 2.24) is 4.98 Å². The molecule has 0 saturated heterocycles. The molecule has 1 aromatic carbocycles. The van der Waals surface area contributed by atoms with Crippen molar-refractivity contribution in [3.05, 3.63) is 58.4 Å². The van der Waals surface area contributed by atoms with E-state index in [0.717, 1.165) is 16.7 Å². The first kappa shape index (κ1) is 14.7. The number of hydrogen-bond acceptors (Lipinski definition) is 3.